The summed E-state index contributed by atoms with van der Waals surface area (Å²) >= 11 is 5.79. The van der Waals surface area contributed by atoms with E-state index in [1.807, 2.05) is 13.8 Å². The fraction of sp³-hybridized carbons (Fsp3) is 0.636. The molecule has 0 unspecified atom stereocenters. The predicted octanol–water partition coefficient (Wildman–Crippen LogP) is 2.15. The lowest BCUT2D eigenvalue weighted by atomic mass is 10.1. The van der Waals surface area contributed by atoms with Gasteiger partial charge in [0.1, 0.15) is 0 Å². The molecule has 0 aliphatic carbocycles. The molecule has 2 heterocycles. The third-order valence-corrected chi connectivity index (χ3v) is 2.55. The summed E-state index contributed by atoms with van der Waals surface area (Å²) in [5.74, 6) is 0.619. The van der Waals surface area contributed by atoms with Gasteiger partial charge in [0.05, 0.1) is 12.8 Å². The molecule has 0 saturated heterocycles. The largest absolute Gasteiger partial charge is 0.481 e. The number of hydrogen-bond donors (Lipinski definition) is 0. The molecular weight excluding hydrogens is 226 g/mol. The van der Waals surface area contributed by atoms with Gasteiger partial charge in [0.25, 0.3) is 0 Å². The highest BCUT2D eigenvalue weighted by molar-refractivity contribution is 6.28. The SMILES string of the molecule is CC.COc1nc(Cl)nc2c1CCN(C)C2. The number of fused-ring (bicyclic) bond motifs is 1. The highest BCUT2D eigenvalue weighted by Crippen LogP contribution is 2.25. The van der Waals surface area contributed by atoms with Crippen LogP contribution in [0.15, 0.2) is 0 Å². The lowest BCUT2D eigenvalue weighted by Gasteiger charge is -2.24. The van der Waals surface area contributed by atoms with E-state index >= 15 is 0 Å². The zero-order chi connectivity index (χ0) is 12.1. The summed E-state index contributed by atoms with van der Waals surface area (Å²) in [6.07, 6.45) is 0.923. The van der Waals surface area contributed by atoms with E-state index in [1.165, 1.54) is 0 Å². The molecule has 1 aromatic heterocycles. The molecule has 4 nitrogen and oxygen atoms in total. The smallest absolute Gasteiger partial charge is 0.225 e. The summed E-state index contributed by atoms with van der Waals surface area (Å²) in [6.45, 7) is 5.82. The van der Waals surface area contributed by atoms with E-state index < -0.39 is 0 Å². The molecule has 2 rings (SSSR count). The van der Waals surface area contributed by atoms with Crippen molar-refractivity contribution in [2.45, 2.75) is 26.8 Å². The Bertz CT molecular complexity index is 357. The van der Waals surface area contributed by atoms with Crippen molar-refractivity contribution in [3.8, 4) is 5.88 Å². The van der Waals surface area contributed by atoms with Gasteiger partial charge in [-0.05, 0) is 25.1 Å². The van der Waals surface area contributed by atoms with Gasteiger partial charge in [0.2, 0.25) is 11.2 Å². The first-order valence-corrected chi connectivity index (χ1v) is 5.86. The van der Waals surface area contributed by atoms with Crippen molar-refractivity contribution < 1.29 is 4.74 Å². The molecule has 90 valence electrons. The molecule has 1 aromatic rings. The van der Waals surface area contributed by atoms with E-state index in [0.29, 0.717) is 5.88 Å². The van der Waals surface area contributed by atoms with Crippen molar-refractivity contribution in [1.29, 1.82) is 0 Å². The first-order chi connectivity index (χ1) is 7.70. The van der Waals surface area contributed by atoms with Gasteiger partial charge in [-0.2, -0.15) is 4.98 Å². The van der Waals surface area contributed by atoms with Crippen LogP contribution in [-0.2, 0) is 13.0 Å². The molecule has 0 aromatic carbocycles. The van der Waals surface area contributed by atoms with Crippen LogP contribution >= 0.6 is 11.6 Å². The molecule has 16 heavy (non-hydrogen) atoms. The van der Waals surface area contributed by atoms with Gasteiger partial charge < -0.3 is 9.64 Å². The number of likely N-dealkylation sites (N-methyl/N-ethyl adjacent to an activating group) is 1. The topological polar surface area (TPSA) is 38.3 Å². The van der Waals surface area contributed by atoms with Gasteiger partial charge in [0.15, 0.2) is 0 Å². The highest BCUT2D eigenvalue weighted by Gasteiger charge is 2.20. The molecule has 0 saturated carbocycles. The number of nitrogens with zero attached hydrogens (tertiary/aromatic N) is 3. The van der Waals surface area contributed by atoms with Crippen molar-refractivity contribution >= 4 is 11.6 Å². The van der Waals surface area contributed by atoms with E-state index in [4.69, 9.17) is 16.3 Å². The Balaban J connectivity index is 0.000000606. The minimum atomic E-state index is 0.260. The fourth-order valence-corrected chi connectivity index (χ4v) is 1.85. The van der Waals surface area contributed by atoms with Gasteiger partial charge in [0, 0.05) is 18.7 Å². The Labute approximate surface area is 102 Å². The van der Waals surface area contributed by atoms with Crippen molar-refractivity contribution in [3.63, 3.8) is 0 Å². The molecule has 0 amide bonds. The average Bonchev–Trinajstić information content (AvgIpc) is 2.30. The van der Waals surface area contributed by atoms with Crippen LogP contribution in [0.4, 0.5) is 0 Å². The summed E-state index contributed by atoms with van der Waals surface area (Å²) in [5, 5.41) is 0.260. The number of rotatable bonds is 1. The highest BCUT2D eigenvalue weighted by atomic mass is 35.5. The normalized spacial score (nSPS) is 14.8. The maximum Gasteiger partial charge on any atom is 0.225 e. The summed E-state index contributed by atoms with van der Waals surface area (Å²) in [4.78, 5) is 10.4. The minimum absolute atomic E-state index is 0.260. The Morgan fingerprint density at radius 3 is 2.62 bits per heavy atom. The third-order valence-electron chi connectivity index (χ3n) is 2.38. The average molecular weight is 244 g/mol. The van der Waals surface area contributed by atoms with Crippen LogP contribution in [0.25, 0.3) is 0 Å². The van der Waals surface area contributed by atoms with E-state index in [1.54, 1.807) is 7.11 Å². The number of aromatic nitrogens is 2. The van der Waals surface area contributed by atoms with Crippen LogP contribution in [0.2, 0.25) is 5.28 Å². The molecule has 0 fully saturated rings. The second-order valence-corrected chi connectivity index (χ2v) is 3.75. The first-order valence-electron chi connectivity index (χ1n) is 5.48. The molecule has 0 N–H and O–H groups in total. The maximum atomic E-state index is 5.79. The lowest BCUT2D eigenvalue weighted by molar-refractivity contribution is 0.298. The van der Waals surface area contributed by atoms with Gasteiger partial charge in [-0.15, -0.1) is 0 Å². The Kier molecular flexibility index (Phi) is 4.96. The van der Waals surface area contributed by atoms with Crippen LogP contribution in [0.1, 0.15) is 25.1 Å². The van der Waals surface area contributed by atoms with Crippen molar-refractivity contribution in [2.75, 3.05) is 20.7 Å². The van der Waals surface area contributed by atoms with Crippen molar-refractivity contribution in [1.82, 2.24) is 14.9 Å². The van der Waals surface area contributed by atoms with Crippen LogP contribution < -0.4 is 4.74 Å². The number of methoxy groups -OCH3 is 1. The monoisotopic (exact) mass is 243 g/mol. The zero-order valence-electron chi connectivity index (χ0n) is 10.2. The number of halogens is 1. The van der Waals surface area contributed by atoms with E-state index in [-0.39, 0.29) is 5.28 Å². The molecule has 0 radical (unpaired) electrons. The minimum Gasteiger partial charge on any atom is -0.481 e. The van der Waals surface area contributed by atoms with E-state index in [9.17, 15) is 0 Å². The van der Waals surface area contributed by atoms with E-state index in [2.05, 4.69) is 21.9 Å². The second-order valence-electron chi connectivity index (χ2n) is 3.41. The number of ether oxygens (including phenoxy) is 1. The maximum absolute atomic E-state index is 5.79. The quantitative estimate of drug-likeness (QED) is 0.709. The molecular formula is C11H18ClN3O. The van der Waals surface area contributed by atoms with Crippen molar-refractivity contribution in [2.24, 2.45) is 0 Å². The van der Waals surface area contributed by atoms with Gasteiger partial charge in [-0.25, -0.2) is 4.98 Å². The summed E-state index contributed by atoms with van der Waals surface area (Å²) < 4.78 is 5.17. The molecule has 0 spiro atoms. The molecule has 0 atom stereocenters. The second kappa shape index (κ2) is 6.01. The number of hydrogen-bond acceptors (Lipinski definition) is 4. The molecule has 1 aliphatic heterocycles. The van der Waals surface area contributed by atoms with E-state index in [0.717, 1.165) is 30.8 Å². The Hall–Kier alpha value is -0.870. The van der Waals surface area contributed by atoms with Gasteiger partial charge in [-0.1, -0.05) is 13.8 Å². The third kappa shape index (κ3) is 2.83. The lowest BCUT2D eigenvalue weighted by Crippen LogP contribution is -2.28. The summed E-state index contributed by atoms with van der Waals surface area (Å²) in [6, 6.07) is 0. The van der Waals surface area contributed by atoms with Crippen LogP contribution in [0.3, 0.4) is 0 Å². The fourth-order valence-electron chi connectivity index (χ4n) is 1.67. The Morgan fingerprint density at radius 1 is 1.31 bits per heavy atom. The van der Waals surface area contributed by atoms with Crippen LogP contribution in [0, 0.1) is 0 Å². The Morgan fingerprint density at radius 2 is 2.00 bits per heavy atom. The summed E-state index contributed by atoms with van der Waals surface area (Å²) in [5.41, 5.74) is 2.07. The van der Waals surface area contributed by atoms with Crippen LogP contribution in [-0.4, -0.2) is 35.6 Å². The first kappa shape index (κ1) is 13.2. The molecule has 0 bridgehead atoms. The summed E-state index contributed by atoms with van der Waals surface area (Å²) in [7, 11) is 3.67. The van der Waals surface area contributed by atoms with Crippen LogP contribution in [0.5, 0.6) is 5.88 Å². The standard InChI is InChI=1S/C9H12ClN3O.C2H6/c1-13-4-3-6-7(5-13)11-9(10)12-8(6)14-2;1-2/h3-5H2,1-2H3;1-2H3. The molecule has 1 aliphatic rings. The zero-order valence-corrected chi connectivity index (χ0v) is 11.0. The van der Waals surface area contributed by atoms with Gasteiger partial charge >= 0.3 is 0 Å². The molecule has 5 heteroatoms. The van der Waals surface area contributed by atoms with Crippen molar-refractivity contribution in [3.05, 3.63) is 16.5 Å². The van der Waals surface area contributed by atoms with Gasteiger partial charge in [-0.3, -0.25) is 0 Å². The predicted molar refractivity (Wildman–Crippen MR) is 65.0 cm³/mol.